The van der Waals surface area contributed by atoms with Crippen molar-refractivity contribution in [1.29, 1.82) is 0 Å². The molecule has 0 unspecified atom stereocenters. The van der Waals surface area contributed by atoms with Gasteiger partial charge in [-0.3, -0.25) is 4.79 Å². The van der Waals surface area contributed by atoms with Gasteiger partial charge in [-0.2, -0.15) is 0 Å². The first kappa shape index (κ1) is 19.8. The van der Waals surface area contributed by atoms with Crippen LogP contribution in [0.5, 0.6) is 0 Å². The van der Waals surface area contributed by atoms with Gasteiger partial charge in [-0.1, -0.05) is 42.5 Å². The Hall–Kier alpha value is -3.12. The predicted molar refractivity (Wildman–Crippen MR) is 117 cm³/mol. The molecule has 2 aromatic carbocycles. The number of ketones is 1. The molecule has 6 heteroatoms. The van der Waals surface area contributed by atoms with E-state index in [1.807, 2.05) is 0 Å². The highest BCUT2D eigenvalue weighted by atomic mass is 19.1. The van der Waals surface area contributed by atoms with Crippen molar-refractivity contribution in [2.45, 2.75) is 25.3 Å². The van der Waals surface area contributed by atoms with Gasteiger partial charge in [0.15, 0.2) is 5.78 Å². The smallest absolute Gasteiger partial charge is 0.225 e. The van der Waals surface area contributed by atoms with Crippen molar-refractivity contribution in [3.05, 3.63) is 89.0 Å². The number of halogens is 1. The average Bonchev–Trinajstić information content (AvgIpc) is 2.80. The van der Waals surface area contributed by atoms with Crippen LogP contribution in [0.25, 0.3) is 0 Å². The van der Waals surface area contributed by atoms with Crippen LogP contribution in [-0.4, -0.2) is 41.9 Å². The third-order valence-electron chi connectivity index (χ3n) is 6.42. The van der Waals surface area contributed by atoms with Crippen molar-refractivity contribution >= 4 is 11.7 Å². The second kappa shape index (κ2) is 8.55. The third kappa shape index (κ3) is 4.35. The lowest BCUT2D eigenvalue weighted by Gasteiger charge is -2.33. The average molecular weight is 418 g/mol. The van der Waals surface area contributed by atoms with E-state index in [0.29, 0.717) is 24.4 Å². The van der Waals surface area contributed by atoms with E-state index in [1.165, 1.54) is 17.7 Å². The lowest BCUT2D eigenvalue weighted by Crippen LogP contribution is -3.13. The summed E-state index contributed by atoms with van der Waals surface area (Å²) in [6.45, 7) is 4.90. The van der Waals surface area contributed by atoms with Crippen LogP contribution in [0.3, 0.4) is 0 Å². The molecule has 2 aliphatic rings. The number of piperazine rings is 1. The number of nitrogens with zero attached hydrogens (tertiary/aromatic N) is 3. The Morgan fingerprint density at radius 2 is 1.74 bits per heavy atom. The Morgan fingerprint density at radius 1 is 1.00 bits per heavy atom. The normalized spacial score (nSPS) is 19.3. The van der Waals surface area contributed by atoms with E-state index < -0.39 is 0 Å². The minimum atomic E-state index is -0.260. The first-order chi connectivity index (χ1) is 15.2. The Kier molecular flexibility index (Phi) is 5.47. The highest BCUT2D eigenvalue weighted by Gasteiger charge is 2.29. The molecule has 1 N–H and O–H groups in total. The number of Topliss-reactive ketones (excluding diaryl/α,β-unsaturated/α-hetero) is 1. The summed E-state index contributed by atoms with van der Waals surface area (Å²) in [6, 6.07) is 17.1. The molecule has 31 heavy (non-hydrogen) atoms. The summed E-state index contributed by atoms with van der Waals surface area (Å²) in [5, 5.41) is 0. The molecule has 1 fully saturated rings. The summed E-state index contributed by atoms with van der Waals surface area (Å²) in [4.78, 5) is 25.8. The summed E-state index contributed by atoms with van der Waals surface area (Å²) in [5.74, 6) is 0.560. The lowest BCUT2D eigenvalue weighted by atomic mass is 9.82. The van der Waals surface area contributed by atoms with Crippen LogP contribution >= 0.6 is 0 Å². The van der Waals surface area contributed by atoms with Gasteiger partial charge >= 0.3 is 0 Å². The molecule has 1 aromatic heterocycles. The molecule has 1 aliphatic carbocycles. The second-order valence-corrected chi connectivity index (χ2v) is 8.51. The molecular formula is C25H26FN4O+. The second-order valence-electron chi connectivity index (χ2n) is 8.51. The number of carbonyl (C=O) groups is 1. The zero-order chi connectivity index (χ0) is 21.2. The van der Waals surface area contributed by atoms with Gasteiger partial charge in [-0.25, -0.2) is 14.4 Å². The number of benzene rings is 2. The molecule has 158 valence electrons. The van der Waals surface area contributed by atoms with Crippen molar-refractivity contribution in [2.75, 3.05) is 31.1 Å². The highest BCUT2D eigenvalue weighted by Crippen LogP contribution is 2.32. The summed E-state index contributed by atoms with van der Waals surface area (Å²) in [7, 11) is 0. The number of nitrogens with one attached hydrogen (secondary N) is 1. The number of rotatable bonds is 4. The van der Waals surface area contributed by atoms with Crippen molar-refractivity contribution in [3.8, 4) is 0 Å². The van der Waals surface area contributed by atoms with Gasteiger partial charge in [-0.15, -0.1) is 0 Å². The summed E-state index contributed by atoms with van der Waals surface area (Å²) in [6.07, 6.45) is 2.80. The highest BCUT2D eigenvalue weighted by molar-refractivity contribution is 5.98. The summed E-state index contributed by atoms with van der Waals surface area (Å²) >= 11 is 0. The predicted octanol–water partition coefficient (Wildman–Crippen LogP) is 2.43. The number of carbonyl (C=O) groups excluding carboxylic acids is 1. The quantitative estimate of drug-likeness (QED) is 0.709. The van der Waals surface area contributed by atoms with Crippen LogP contribution in [-0.2, 0) is 13.0 Å². The molecule has 0 spiro atoms. The fourth-order valence-corrected chi connectivity index (χ4v) is 4.64. The van der Waals surface area contributed by atoms with Crippen molar-refractivity contribution < 1.29 is 14.1 Å². The van der Waals surface area contributed by atoms with Gasteiger partial charge in [0.05, 0.1) is 37.4 Å². The van der Waals surface area contributed by atoms with Crippen LogP contribution in [0, 0.1) is 5.82 Å². The fraction of sp³-hybridized carbons (Fsp3) is 0.320. The van der Waals surface area contributed by atoms with Crippen molar-refractivity contribution in [1.82, 2.24) is 9.97 Å². The van der Waals surface area contributed by atoms with E-state index in [0.717, 1.165) is 44.0 Å². The zero-order valence-electron chi connectivity index (χ0n) is 17.4. The minimum Gasteiger partial charge on any atom is -0.330 e. The van der Waals surface area contributed by atoms with Crippen LogP contribution < -0.4 is 9.80 Å². The van der Waals surface area contributed by atoms with Crippen molar-refractivity contribution in [3.63, 3.8) is 0 Å². The number of fused-ring (bicyclic) bond motifs is 1. The standard InChI is InChI=1S/C25H25FN4O/c26-21-8-6-19(7-9-21)20-14-23-22(24(31)15-20)16-27-25(28-23)30-12-10-29(11-13-30)17-18-4-2-1-3-5-18/h1-9,16,20H,10-15,17H2/p+1/t20-/m0/s1. The summed E-state index contributed by atoms with van der Waals surface area (Å²) < 4.78 is 13.3. The molecule has 0 radical (unpaired) electrons. The molecule has 1 aliphatic heterocycles. The largest absolute Gasteiger partial charge is 0.330 e. The maximum absolute atomic E-state index is 13.3. The van der Waals surface area contributed by atoms with E-state index in [-0.39, 0.29) is 17.5 Å². The fourth-order valence-electron chi connectivity index (χ4n) is 4.64. The zero-order valence-corrected chi connectivity index (χ0v) is 17.4. The molecule has 5 nitrogen and oxygen atoms in total. The maximum Gasteiger partial charge on any atom is 0.225 e. The first-order valence-corrected chi connectivity index (χ1v) is 10.9. The number of hydrogen-bond acceptors (Lipinski definition) is 4. The maximum atomic E-state index is 13.3. The Bertz CT molecular complexity index is 1060. The molecule has 1 saturated heterocycles. The SMILES string of the molecule is O=C1C[C@@H](c2ccc(F)cc2)Cc2nc(N3CC[NH+](Cc4ccccc4)CC3)ncc21. The van der Waals surface area contributed by atoms with Gasteiger partial charge in [0, 0.05) is 18.2 Å². The molecule has 3 aromatic rings. The van der Waals surface area contributed by atoms with Crippen molar-refractivity contribution in [2.24, 2.45) is 0 Å². The molecule has 5 rings (SSSR count). The van der Waals surface area contributed by atoms with Crippen LogP contribution in [0.2, 0.25) is 0 Å². The molecular weight excluding hydrogens is 391 g/mol. The van der Waals surface area contributed by atoms with Gasteiger partial charge in [0.2, 0.25) is 5.95 Å². The number of anilines is 1. The van der Waals surface area contributed by atoms with Crippen LogP contribution in [0.1, 0.15) is 39.5 Å². The van der Waals surface area contributed by atoms with E-state index in [1.54, 1.807) is 23.2 Å². The van der Waals surface area contributed by atoms with E-state index >= 15 is 0 Å². The van der Waals surface area contributed by atoms with Gasteiger partial charge in [-0.05, 0) is 30.0 Å². The van der Waals surface area contributed by atoms with Gasteiger partial charge in [0.25, 0.3) is 0 Å². The number of aromatic nitrogens is 2. The van der Waals surface area contributed by atoms with E-state index in [9.17, 15) is 9.18 Å². The Balaban J connectivity index is 1.27. The summed E-state index contributed by atoms with van der Waals surface area (Å²) in [5.41, 5.74) is 3.80. The topological polar surface area (TPSA) is 50.5 Å². The monoisotopic (exact) mass is 417 g/mol. The number of quaternary nitrogens is 1. The molecule has 1 atom stereocenters. The van der Waals surface area contributed by atoms with Crippen LogP contribution in [0.4, 0.5) is 10.3 Å². The third-order valence-corrected chi connectivity index (χ3v) is 6.42. The Labute approximate surface area is 181 Å². The Morgan fingerprint density at radius 3 is 2.48 bits per heavy atom. The van der Waals surface area contributed by atoms with Gasteiger partial charge in [0.1, 0.15) is 12.4 Å². The minimum absolute atomic E-state index is 0.0375. The van der Waals surface area contributed by atoms with Crippen LogP contribution in [0.15, 0.2) is 60.8 Å². The molecule has 0 saturated carbocycles. The van der Waals surface area contributed by atoms with E-state index in [4.69, 9.17) is 4.98 Å². The molecule has 0 bridgehead atoms. The molecule has 0 amide bonds. The van der Waals surface area contributed by atoms with E-state index in [2.05, 4.69) is 40.2 Å². The lowest BCUT2D eigenvalue weighted by molar-refractivity contribution is -0.914. The van der Waals surface area contributed by atoms with Gasteiger partial charge < -0.3 is 9.80 Å². The number of hydrogen-bond donors (Lipinski definition) is 1. The molecule has 2 heterocycles. The first-order valence-electron chi connectivity index (χ1n) is 10.9.